The van der Waals surface area contributed by atoms with Crippen molar-refractivity contribution in [3.8, 4) is 5.69 Å². The Morgan fingerprint density at radius 1 is 1.07 bits per heavy atom. The highest BCUT2D eigenvalue weighted by molar-refractivity contribution is 5.93. The number of carbonyl (C=O) groups excluding carboxylic acids is 2. The van der Waals surface area contributed by atoms with Crippen LogP contribution >= 0.6 is 0 Å². The lowest BCUT2D eigenvalue weighted by atomic mass is 10.2. The third-order valence-electron chi connectivity index (χ3n) is 4.11. The molecule has 27 heavy (non-hydrogen) atoms. The third-order valence-corrected chi connectivity index (χ3v) is 4.11. The summed E-state index contributed by atoms with van der Waals surface area (Å²) in [5, 5.41) is 10.3. The molecule has 2 aromatic rings. The molecule has 146 valence electrons. The fraction of sp³-hybridized carbons (Fsp3) is 0.450. The smallest absolute Gasteiger partial charge is 0.238 e. The molecular formula is C20H29N5O2. The zero-order valence-corrected chi connectivity index (χ0v) is 17.0. The van der Waals surface area contributed by atoms with E-state index in [4.69, 9.17) is 0 Å². The molecule has 1 heterocycles. The molecule has 1 aromatic carbocycles. The SMILES string of the molecule is Cc1ccc(-n2nc(C)c(NC(=O)CN(C)CC(=O)NC(C)C)c2C)cc1. The third kappa shape index (κ3) is 5.65. The van der Waals surface area contributed by atoms with Crippen LogP contribution in [-0.4, -0.2) is 52.7 Å². The molecule has 0 saturated carbocycles. The fourth-order valence-corrected chi connectivity index (χ4v) is 2.85. The summed E-state index contributed by atoms with van der Waals surface area (Å²) in [6, 6.07) is 8.14. The molecule has 7 nitrogen and oxygen atoms in total. The number of hydrogen-bond donors (Lipinski definition) is 2. The Morgan fingerprint density at radius 2 is 1.67 bits per heavy atom. The molecule has 0 fully saturated rings. The first-order valence-corrected chi connectivity index (χ1v) is 9.08. The summed E-state index contributed by atoms with van der Waals surface area (Å²) in [5.74, 6) is -0.274. The lowest BCUT2D eigenvalue weighted by molar-refractivity contribution is -0.123. The number of benzene rings is 1. The summed E-state index contributed by atoms with van der Waals surface area (Å²) < 4.78 is 1.82. The molecule has 0 aliphatic rings. The molecule has 2 amide bonds. The van der Waals surface area contributed by atoms with E-state index in [0.717, 1.165) is 17.1 Å². The number of aryl methyl sites for hydroxylation is 2. The minimum absolute atomic E-state index is 0.0811. The summed E-state index contributed by atoms with van der Waals surface area (Å²) in [4.78, 5) is 25.9. The summed E-state index contributed by atoms with van der Waals surface area (Å²) in [5.41, 5.74) is 4.45. The molecule has 0 aliphatic heterocycles. The van der Waals surface area contributed by atoms with Crippen molar-refractivity contribution in [3.05, 3.63) is 41.2 Å². The zero-order valence-electron chi connectivity index (χ0n) is 17.0. The summed E-state index contributed by atoms with van der Waals surface area (Å²) in [7, 11) is 1.74. The van der Waals surface area contributed by atoms with Crippen molar-refractivity contribution < 1.29 is 9.59 Å². The maximum Gasteiger partial charge on any atom is 0.238 e. The van der Waals surface area contributed by atoms with Crippen LogP contribution in [0.15, 0.2) is 24.3 Å². The number of likely N-dealkylation sites (N-methyl/N-ethyl adjacent to an activating group) is 1. The number of anilines is 1. The Morgan fingerprint density at radius 3 is 2.26 bits per heavy atom. The van der Waals surface area contributed by atoms with Crippen LogP contribution in [0.25, 0.3) is 5.69 Å². The molecular weight excluding hydrogens is 342 g/mol. The van der Waals surface area contributed by atoms with Crippen LogP contribution in [0.5, 0.6) is 0 Å². The van der Waals surface area contributed by atoms with E-state index in [0.29, 0.717) is 5.69 Å². The van der Waals surface area contributed by atoms with E-state index in [9.17, 15) is 9.59 Å². The van der Waals surface area contributed by atoms with E-state index in [-0.39, 0.29) is 30.9 Å². The number of nitrogens with one attached hydrogen (secondary N) is 2. The first-order chi connectivity index (χ1) is 12.7. The van der Waals surface area contributed by atoms with Crippen LogP contribution in [0, 0.1) is 20.8 Å². The van der Waals surface area contributed by atoms with Gasteiger partial charge in [-0.3, -0.25) is 14.5 Å². The van der Waals surface area contributed by atoms with Crippen LogP contribution in [0.3, 0.4) is 0 Å². The number of hydrogen-bond acceptors (Lipinski definition) is 4. The van der Waals surface area contributed by atoms with E-state index in [1.165, 1.54) is 5.56 Å². The van der Waals surface area contributed by atoms with Crippen molar-refractivity contribution in [1.29, 1.82) is 0 Å². The lowest BCUT2D eigenvalue weighted by Crippen LogP contribution is -2.41. The van der Waals surface area contributed by atoms with Crippen molar-refractivity contribution in [3.63, 3.8) is 0 Å². The van der Waals surface area contributed by atoms with Crippen molar-refractivity contribution in [1.82, 2.24) is 20.0 Å². The minimum Gasteiger partial charge on any atom is -0.353 e. The van der Waals surface area contributed by atoms with Gasteiger partial charge in [-0.1, -0.05) is 17.7 Å². The van der Waals surface area contributed by atoms with Crippen LogP contribution in [0.1, 0.15) is 30.8 Å². The molecule has 1 aromatic heterocycles. The maximum absolute atomic E-state index is 12.4. The highest BCUT2D eigenvalue weighted by Crippen LogP contribution is 2.23. The van der Waals surface area contributed by atoms with E-state index in [2.05, 4.69) is 15.7 Å². The average Bonchev–Trinajstić information content (AvgIpc) is 2.82. The second-order valence-electron chi connectivity index (χ2n) is 7.24. The van der Waals surface area contributed by atoms with Crippen LogP contribution in [0.4, 0.5) is 5.69 Å². The highest BCUT2D eigenvalue weighted by atomic mass is 16.2. The Balaban J connectivity index is 2.03. The topological polar surface area (TPSA) is 79.3 Å². The van der Waals surface area contributed by atoms with Gasteiger partial charge in [0, 0.05) is 6.04 Å². The molecule has 0 radical (unpaired) electrons. The lowest BCUT2D eigenvalue weighted by Gasteiger charge is -2.17. The molecule has 7 heteroatoms. The van der Waals surface area contributed by atoms with Crippen molar-refractivity contribution in [2.24, 2.45) is 0 Å². The van der Waals surface area contributed by atoms with Gasteiger partial charge in [-0.25, -0.2) is 4.68 Å². The summed E-state index contributed by atoms with van der Waals surface area (Å²) in [6.45, 7) is 9.94. The van der Waals surface area contributed by atoms with Crippen LogP contribution < -0.4 is 10.6 Å². The van der Waals surface area contributed by atoms with Gasteiger partial charge < -0.3 is 10.6 Å². The zero-order chi connectivity index (χ0) is 20.1. The Kier molecular flexibility index (Phi) is 6.74. The predicted molar refractivity (Wildman–Crippen MR) is 107 cm³/mol. The first-order valence-electron chi connectivity index (χ1n) is 9.08. The van der Waals surface area contributed by atoms with E-state index >= 15 is 0 Å². The van der Waals surface area contributed by atoms with E-state index in [1.54, 1.807) is 11.9 Å². The monoisotopic (exact) mass is 371 g/mol. The first kappa shape index (κ1) is 20.6. The van der Waals surface area contributed by atoms with Crippen LogP contribution in [0.2, 0.25) is 0 Å². The van der Waals surface area contributed by atoms with Gasteiger partial charge in [0.15, 0.2) is 0 Å². The standard InChI is InChI=1S/C20H29N5O2/c1-13(2)21-18(26)11-24(6)12-19(27)22-20-15(4)23-25(16(20)5)17-9-7-14(3)8-10-17/h7-10,13H,11-12H2,1-6H3,(H,21,26)(H,22,27). The van der Waals surface area contributed by atoms with Gasteiger partial charge in [0.1, 0.15) is 0 Å². The van der Waals surface area contributed by atoms with Crippen LogP contribution in [-0.2, 0) is 9.59 Å². The predicted octanol–water partition coefficient (Wildman–Crippen LogP) is 2.19. The number of carbonyl (C=O) groups is 2. The number of aromatic nitrogens is 2. The Bertz CT molecular complexity index is 809. The van der Waals surface area contributed by atoms with E-state index < -0.39 is 0 Å². The largest absolute Gasteiger partial charge is 0.353 e. The number of rotatable bonds is 7. The van der Waals surface area contributed by atoms with Crippen molar-refractivity contribution in [2.45, 2.75) is 40.7 Å². The van der Waals surface area contributed by atoms with Crippen molar-refractivity contribution >= 4 is 17.5 Å². The molecule has 2 N–H and O–H groups in total. The quantitative estimate of drug-likeness (QED) is 0.782. The molecule has 0 bridgehead atoms. The number of nitrogens with zero attached hydrogens (tertiary/aromatic N) is 3. The van der Waals surface area contributed by atoms with Gasteiger partial charge >= 0.3 is 0 Å². The maximum atomic E-state index is 12.4. The van der Waals surface area contributed by atoms with Gasteiger partial charge in [0.05, 0.1) is 35.9 Å². The summed E-state index contributed by atoms with van der Waals surface area (Å²) >= 11 is 0. The van der Waals surface area contributed by atoms with Gasteiger partial charge in [-0.05, 0) is 53.8 Å². The highest BCUT2D eigenvalue weighted by Gasteiger charge is 2.17. The van der Waals surface area contributed by atoms with Gasteiger partial charge in [0.2, 0.25) is 11.8 Å². The average molecular weight is 371 g/mol. The van der Waals surface area contributed by atoms with Gasteiger partial charge in [0.25, 0.3) is 0 Å². The summed E-state index contributed by atoms with van der Waals surface area (Å²) in [6.07, 6.45) is 0. The van der Waals surface area contributed by atoms with Gasteiger partial charge in [-0.15, -0.1) is 0 Å². The Hall–Kier alpha value is -2.67. The molecule has 0 aliphatic carbocycles. The second kappa shape index (κ2) is 8.81. The molecule has 0 atom stereocenters. The fourth-order valence-electron chi connectivity index (χ4n) is 2.85. The molecule has 2 rings (SSSR count). The normalized spacial score (nSPS) is 11.1. The van der Waals surface area contributed by atoms with Gasteiger partial charge in [-0.2, -0.15) is 5.10 Å². The molecule has 0 spiro atoms. The Labute approximate surface area is 160 Å². The molecule has 0 unspecified atom stereocenters. The van der Waals surface area contributed by atoms with Crippen molar-refractivity contribution in [2.75, 3.05) is 25.5 Å². The second-order valence-corrected chi connectivity index (χ2v) is 7.24. The molecule has 0 saturated heterocycles. The minimum atomic E-state index is -0.176. The number of amides is 2. The van der Waals surface area contributed by atoms with E-state index in [1.807, 2.05) is 63.6 Å².